The van der Waals surface area contributed by atoms with Gasteiger partial charge in [-0.05, 0) is 43.3 Å². The van der Waals surface area contributed by atoms with E-state index >= 15 is 0 Å². The second kappa shape index (κ2) is 8.02. The summed E-state index contributed by atoms with van der Waals surface area (Å²) in [6.07, 6.45) is 0.276. The predicted molar refractivity (Wildman–Crippen MR) is 92.1 cm³/mol. The molecule has 1 amide bonds. The molecular formula is C18H17BrFNO2. The van der Waals surface area contributed by atoms with E-state index in [0.717, 1.165) is 4.47 Å². The molecular weight excluding hydrogens is 361 g/mol. The third-order valence-corrected chi connectivity index (χ3v) is 4.02. The molecule has 2 aromatic carbocycles. The molecule has 0 N–H and O–H groups in total. The summed E-state index contributed by atoms with van der Waals surface area (Å²) in [6, 6.07) is 12.8. The van der Waals surface area contributed by atoms with Crippen LogP contribution in [0.1, 0.15) is 30.1 Å². The Balaban J connectivity index is 1.98. The van der Waals surface area contributed by atoms with E-state index in [-0.39, 0.29) is 30.3 Å². The Morgan fingerprint density at radius 3 is 2.17 bits per heavy atom. The van der Waals surface area contributed by atoms with Crippen LogP contribution >= 0.6 is 15.9 Å². The number of carbonyl (C=O) groups is 2. The third kappa shape index (κ3) is 4.73. The van der Waals surface area contributed by atoms with Gasteiger partial charge in [0.15, 0.2) is 5.78 Å². The summed E-state index contributed by atoms with van der Waals surface area (Å²) in [5.41, 5.74) is 1.22. The SMILES string of the molecule is CCN(C(=O)CCC(=O)c1ccc(Br)cc1)c1ccc(F)cc1. The van der Waals surface area contributed by atoms with Crippen molar-refractivity contribution in [1.82, 2.24) is 0 Å². The summed E-state index contributed by atoms with van der Waals surface area (Å²) in [7, 11) is 0. The lowest BCUT2D eigenvalue weighted by molar-refractivity contribution is -0.118. The molecule has 5 heteroatoms. The van der Waals surface area contributed by atoms with Crippen LogP contribution in [0.4, 0.5) is 10.1 Å². The normalized spacial score (nSPS) is 10.4. The van der Waals surface area contributed by atoms with E-state index in [1.54, 1.807) is 41.3 Å². The van der Waals surface area contributed by atoms with Crippen LogP contribution in [-0.2, 0) is 4.79 Å². The molecule has 0 aliphatic heterocycles. The standard InChI is InChI=1S/C18H17BrFNO2/c1-2-21(16-9-7-15(20)8-10-16)18(23)12-11-17(22)13-3-5-14(19)6-4-13/h3-10H,2,11-12H2,1H3. The monoisotopic (exact) mass is 377 g/mol. The van der Waals surface area contributed by atoms with Crippen molar-refractivity contribution in [3.05, 3.63) is 64.4 Å². The topological polar surface area (TPSA) is 37.4 Å². The molecule has 0 unspecified atom stereocenters. The van der Waals surface area contributed by atoms with Crippen LogP contribution < -0.4 is 4.90 Å². The molecule has 0 spiro atoms. The summed E-state index contributed by atoms with van der Waals surface area (Å²) in [4.78, 5) is 26.0. The lowest BCUT2D eigenvalue weighted by Crippen LogP contribution is -2.30. The maximum Gasteiger partial charge on any atom is 0.227 e. The first kappa shape index (κ1) is 17.3. The second-order valence-electron chi connectivity index (χ2n) is 5.04. The van der Waals surface area contributed by atoms with Crippen molar-refractivity contribution in [3.8, 4) is 0 Å². The zero-order valence-electron chi connectivity index (χ0n) is 12.8. The first-order chi connectivity index (χ1) is 11.0. The fourth-order valence-corrected chi connectivity index (χ4v) is 2.52. The van der Waals surface area contributed by atoms with E-state index in [1.165, 1.54) is 12.1 Å². The van der Waals surface area contributed by atoms with Gasteiger partial charge in [0.05, 0.1) is 0 Å². The van der Waals surface area contributed by atoms with Crippen LogP contribution in [0.2, 0.25) is 0 Å². The number of hydrogen-bond donors (Lipinski definition) is 0. The van der Waals surface area contributed by atoms with Gasteiger partial charge in [0.2, 0.25) is 5.91 Å². The number of hydrogen-bond acceptors (Lipinski definition) is 2. The Bertz CT molecular complexity index is 683. The van der Waals surface area contributed by atoms with Gasteiger partial charge in [0, 0.05) is 35.1 Å². The first-order valence-corrected chi connectivity index (χ1v) is 8.15. The summed E-state index contributed by atoms with van der Waals surface area (Å²) in [5, 5.41) is 0. The summed E-state index contributed by atoms with van der Waals surface area (Å²) in [5.74, 6) is -0.562. The first-order valence-electron chi connectivity index (χ1n) is 7.36. The van der Waals surface area contributed by atoms with Crippen molar-refractivity contribution < 1.29 is 14.0 Å². The fourth-order valence-electron chi connectivity index (χ4n) is 2.26. The highest BCUT2D eigenvalue weighted by molar-refractivity contribution is 9.10. The highest BCUT2D eigenvalue weighted by atomic mass is 79.9. The molecule has 0 bridgehead atoms. The van der Waals surface area contributed by atoms with E-state index in [2.05, 4.69) is 15.9 Å². The molecule has 0 fully saturated rings. The molecule has 120 valence electrons. The number of ketones is 1. The molecule has 2 aromatic rings. The number of rotatable bonds is 6. The molecule has 0 saturated carbocycles. The summed E-state index contributed by atoms with van der Waals surface area (Å²) in [6.45, 7) is 2.31. The second-order valence-corrected chi connectivity index (χ2v) is 5.96. The Labute approximate surface area is 143 Å². The van der Waals surface area contributed by atoms with E-state index in [1.807, 2.05) is 6.92 Å². The largest absolute Gasteiger partial charge is 0.313 e. The number of benzene rings is 2. The minimum absolute atomic E-state index is 0.0685. The fraction of sp³-hybridized carbons (Fsp3) is 0.222. The quantitative estimate of drug-likeness (QED) is 0.689. The lowest BCUT2D eigenvalue weighted by atomic mass is 10.1. The number of nitrogens with zero attached hydrogens (tertiary/aromatic N) is 1. The predicted octanol–water partition coefficient (Wildman–Crippen LogP) is 4.60. The van der Waals surface area contributed by atoms with Gasteiger partial charge in [-0.2, -0.15) is 0 Å². The van der Waals surface area contributed by atoms with Gasteiger partial charge in [-0.15, -0.1) is 0 Å². The van der Waals surface area contributed by atoms with Crippen molar-refractivity contribution in [1.29, 1.82) is 0 Å². The van der Waals surface area contributed by atoms with Gasteiger partial charge in [0.25, 0.3) is 0 Å². The van der Waals surface area contributed by atoms with E-state index in [4.69, 9.17) is 0 Å². The zero-order valence-corrected chi connectivity index (χ0v) is 14.3. The molecule has 0 radical (unpaired) electrons. The summed E-state index contributed by atoms with van der Waals surface area (Å²) < 4.78 is 13.9. The third-order valence-electron chi connectivity index (χ3n) is 3.49. The Hall–Kier alpha value is -2.01. The molecule has 0 saturated heterocycles. The lowest BCUT2D eigenvalue weighted by Gasteiger charge is -2.21. The van der Waals surface area contributed by atoms with Crippen LogP contribution in [0.15, 0.2) is 53.0 Å². The van der Waals surface area contributed by atoms with Crippen LogP contribution in [0, 0.1) is 5.82 Å². The zero-order chi connectivity index (χ0) is 16.8. The number of carbonyl (C=O) groups excluding carboxylic acids is 2. The summed E-state index contributed by atoms with van der Waals surface area (Å²) >= 11 is 3.32. The average molecular weight is 378 g/mol. The van der Waals surface area contributed by atoms with Crippen LogP contribution in [0.25, 0.3) is 0 Å². The minimum atomic E-state index is -0.345. The van der Waals surface area contributed by atoms with Crippen LogP contribution in [-0.4, -0.2) is 18.2 Å². The molecule has 23 heavy (non-hydrogen) atoms. The average Bonchev–Trinajstić information content (AvgIpc) is 2.55. The maximum atomic E-state index is 13.0. The molecule has 2 rings (SSSR count). The molecule has 0 aromatic heterocycles. The van der Waals surface area contributed by atoms with Crippen LogP contribution in [0.5, 0.6) is 0 Å². The maximum absolute atomic E-state index is 13.0. The van der Waals surface area contributed by atoms with Crippen molar-refractivity contribution in [2.45, 2.75) is 19.8 Å². The van der Waals surface area contributed by atoms with Gasteiger partial charge in [-0.25, -0.2) is 4.39 Å². The number of anilines is 1. The highest BCUT2D eigenvalue weighted by Crippen LogP contribution is 2.17. The Morgan fingerprint density at radius 2 is 1.61 bits per heavy atom. The van der Waals surface area contributed by atoms with Gasteiger partial charge < -0.3 is 4.90 Å². The van der Waals surface area contributed by atoms with E-state index in [0.29, 0.717) is 17.8 Å². The number of amides is 1. The Kier molecular flexibility index (Phi) is 6.04. The highest BCUT2D eigenvalue weighted by Gasteiger charge is 2.16. The molecule has 0 heterocycles. The molecule has 0 aliphatic rings. The van der Waals surface area contributed by atoms with E-state index in [9.17, 15) is 14.0 Å². The van der Waals surface area contributed by atoms with Crippen molar-refractivity contribution in [2.75, 3.05) is 11.4 Å². The number of Topliss-reactive ketones (excluding diaryl/α,β-unsaturated/α-hetero) is 1. The van der Waals surface area contributed by atoms with E-state index < -0.39 is 0 Å². The molecule has 3 nitrogen and oxygen atoms in total. The number of halogens is 2. The van der Waals surface area contributed by atoms with Crippen LogP contribution in [0.3, 0.4) is 0 Å². The van der Waals surface area contributed by atoms with Crippen molar-refractivity contribution in [3.63, 3.8) is 0 Å². The van der Waals surface area contributed by atoms with Crippen molar-refractivity contribution >= 4 is 33.3 Å². The smallest absolute Gasteiger partial charge is 0.227 e. The van der Waals surface area contributed by atoms with Gasteiger partial charge in [-0.1, -0.05) is 28.1 Å². The Morgan fingerprint density at radius 1 is 1.00 bits per heavy atom. The molecule has 0 atom stereocenters. The van der Waals surface area contributed by atoms with Gasteiger partial charge in [0.1, 0.15) is 5.82 Å². The minimum Gasteiger partial charge on any atom is -0.313 e. The molecule has 0 aliphatic carbocycles. The van der Waals surface area contributed by atoms with Gasteiger partial charge >= 0.3 is 0 Å². The van der Waals surface area contributed by atoms with Gasteiger partial charge in [-0.3, -0.25) is 9.59 Å². The van der Waals surface area contributed by atoms with Crippen molar-refractivity contribution in [2.24, 2.45) is 0 Å².